The molecule has 1 heterocycles. The summed E-state index contributed by atoms with van der Waals surface area (Å²) in [6.07, 6.45) is 2.14. The third kappa shape index (κ3) is 3.42. The second kappa shape index (κ2) is 6.55. The smallest absolute Gasteiger partial charge is 0.0617 e. The lowest BCUT2D eigenvalue weighted by atomic mass is 9.77. The van der Waals surface area contributed by atoms with Crippen LogP contribution in [0.15, 0.2) is 0 Å². The average Bonchev–Trinajstić information content (AvgIpc) is 2.29. The van der Waals surface area contributed by atoms with Crippen molar-refractivity contribution in [2.45, 2.75) is 25.3 Å². The summed E-state index contributed by atoms with van der Waals surface area (Å²) in [6, 6.07) is 0. The van der Waals surface area contributed by atoms with Gasteiger partial charge in [-0.3, -0.25) is 0 Å². The minimum Gasteiger partial charge on any atom is -0.394 e. The van der Waals surface area contributed by atoms with E-state index in [1.165, 1.54) is 0 Å². The fourth-order valence-electron chi connectivity index (χ4n) is 2.55. The lowest BCUT2D eigenvalue weighted by Gasteiger charge is -2.44. The fraction of sp³-hybridized carbons (Fsp3) is 1.00. The van der Waals surface area contributed by atoms with Gasteiger partial charge in [0.05, 0.1) is 6.61 Å². The van der Waals surface area contributed by atoms with Crippen LogP contribution in [0.25, 0.3) is 0 Å². The highest BCUT2D eigenvalue weighted by Gasteiger charge is 2.38. The Balaban J connectivity index is 2.51. The van der Waals surface area contributed by atoms with Gasteiger partial charge >= 0.3 is 0 Å². The molecule has 0 saturated carbocycles. The molecule has 4 heteroatoms. The minimum atomic E-state index is -0.0595. The first-order valence-corrected chi connectivity index (χ1v) is 6.36. The molecular formula is C12H27N3O. The summed E-state index contributed by atoms with van der Waals surface area (Å²) in [4.78, 5) is 2.17. The maximum absolute atomic E-state index is 9.70. The van der Waals surface area contributed by atoms with Crippen LogP contribution in [-0.2, 0) is 0 Å². The number of aliphatic hydroxyl groups excluding tert-OH is 1. The summed E-state index contributed by atoms with van der Waals surface area (Å²) in [7, 11) is 4.15. The molecule has 1 rings (SSSR count). The van der Waals surface area contributed by atoms with E-state index in [0.29, 0.717) is 5.92 Å². The maximum Gasteiger partial charge on any atom is 0.0617 e. The molecule has 16 heavy (non-hydrogen) atoms. The van der Waals surface area contributed by atoms with Gasteiger partial charge < -0.3 is 20.6 Å². The molecule has 1 aliphatic rings. The van der Waals surface area contributed by atoms with Crippen molar-refractivity contribution in [3.05, 3.63) is 0 Å². The molecule has 2 atom stereocenters. The lowest BCUT2D eigenvalue weighted by molar-refractivity contribution is 0.0712. The average molecular weight is 229 g/mol. The molecular weight excluding hydrogens is 202 g/mol. The quantitative estimate of drug-likeness (QED) is 0.595. The third-order valence-electron chi connectivity index (χ3n) is 3.73. The van der Waals surface area contributed by atoms with Crippen LogP contribution in [0, 0.1) is 5.92 Å². The molecule has 4 nitrogen and oxygen atoms in total. The predicted octanol–water partition coefficient (Wildman–Crippen LogP) is -0.112. The highest BCUT2D eigenvalue weighted by molar-refractivity contribution is 4.98. The lowest BCUT2D eigenvalue weighted by Crippen LogP contribution is -2.61. The van der Waals surface area contributed by atoms with E-state index >= 15 is 0 Å². The summed E-state index contributed by atoms with van der Waals surface area (Å²) >= 11 is 0. The maximum atomic E-state index is 9.70. The second-order valence-corrected chi connectivity index (χ2v) is 5.10. The molecule has 0 radical (unpaired) electrons. The third-order valence-corrected chi connectivity index (χ3v) is 3.73. The van der Waals surface area contributed by atoms with Crippen molar-refractivity contribution in [1.82, 2.24) is 15.5 Å². The first-order chi connectivity index (χ1) is 7.64. The molecule has 0 amide bonds. The van der Waals surface area contributed by atoms with Gasteiger partial charge in [0.15, 0.2) is 0 Å². The van der Waals surface area contributed by atoms with Crippen LogP contribution in [0.2, 0.25) is 0 Å². The Morgan fingerprint density at radius 1 is 1.50 bits per heavy atom. The Morgan fingerprint density at radius 2 is 2.25 bits per heavy atom. The van der Waals surface area contributed by atoms with Gasteiger partial charge in [-0.15, -0.1) is 0 Å². The molecule has 0 aliphatic carbocycles. The van der Waals surface area contributed by atoms with Crippen LogP contribution in [-0.4, -0.2) is 62.4 Å². The van der Waals surface area contributed by atoms with Crippen LogP contribution in [0.4, 0.5) is 0 Å². The van der Waals surface area contributed by atoms with Crippen molar-refractivity contribution < 1.29 is 5.11 Å². The highest BCUT2D eigenvalue weighted by atomic mass is 16.3. The molecule has 0 bridgehead atoms. The number of piperidine rings is 1. The van der Waals surface area contributed by atoms with Crippen LogP contribution in [0.1, 0.15) is 19.8 Å². The summed E-state index contributed by atoms with van der Waals surface area (Å²) in [6.45, 7) is 6.45. The number of likely N-dealkylation sites (N-methyl/N-ethyl adjacent to an activating group) is 1. The molecule has 3 N–H and O–H groups in total. The zero-order chi connectivity index (χ0) is 12.0. The monoisotopic (exact) mass is 229 g/mol. The number of hydrogen-bond acceptors (Lipinski definition) is 4. The molecule has 96 valence electrons. The first kappa shape index (κ1) is 13.9. The van der Waals surface area contributed by atoms with Crippen molar-refractivity contribution in [2.75, 3.05) is 46.9 Å². The molecule has 1 saturated heterocycles. The van der Waals surface area contributed by atoms with Crippen LogP contribution in [0.5, 0.6) is 0 Å². The number of nitrogens with zero attached hydrogens (tertiary/aromatic N) is 1. The largest absolute Gasteiger partial charge is 0.394 e. The normalized spacial score (nSPS) is 30.9. The van der Waals surface area contributed by atoms with E-state index in [1.54, 1.807) is 0 Å². The van der Waals surface area contributed by atoms with E-state index in [4.69, 9.17) is 0 Å². The van der Waals surface area contributed by atoms with E-state index in [9.17, 15) is 5.11 Å². The van der Waals surface area contributed by atoms with Gasteiger partial charge in [0, 0.05) is 18.6 Å². The van der Waals surface area contributed by atoms with Crippen LogP contribution < -0.4 is 10.6 Å². The Bertz CT molecular complexity index is 199. The second-order valence-electron chi connectivity index (χ2n) is 5.10. The zero-order valence-electron chi connectivity index (χ0n) is 10.9. The van der Waals surface area contributed by atoms with E-state index in [-0.39, 0.29) is 12.1 Å². The van der Waals surface area contributed by atoms with Crippen LogP contribution >= 0.6 is 0 Å². The van der Waals surface area contributed by atoms with Gasteiger partial charge in [-0.2, -0.15) is 0 Å². The van der Waals surface area contributed by atoms with Crippen molar-refractivity contribution in [1.29, 1.82) is 0 Å². The Labute approximate surface area is 99.4 Å². The van der Waals surface area contributed by atoms with Gasteiger partial charge in [0.1, 0.15) is 0 Å². The molecule has 2 unspecified atom stereocenters. The fourth-order valence-corrected chi connectivity index (χ4v) is 2.55. The topological polar surface area (TPSA) is 47.5 Å². The van der Waals surface area contributed by atoms with Crippen molar-refractivity contribution in [2.24, 2.45) is 5.92 Å². The van der Waals surface area contributed by atoms with E-state index in [0.717, 1.165) is 39.0 Å². The number of hydrogen-bond donors (Lipinski definition) is 3. The van der Waals surface area contributed by atoms with Crippen molar-refractivity contribution >= 4 is 0 Å². The summed E-state index contributed by atoms with van der Waals surface area (Å²) < 4.78 is 0. The van der Waals surface area contributed by atoms with Gasteiger partial charge in [0.2, 0.25) is 0 Å². The Kier molecular flexibility index (Phi) is 5.69. The van der Waals surface area contributed by atoms with Crippen molar-refractivity contribution in [3.63, 3.8) is 0 Å². The van der Waals surface area contributed by atoms with Gasteiger partial charge in [-0.25, -0.2) is 0 Å². The molecule has 1 aliphatic heterocycles. The van der Waals surface area contributed by atoms with E-state index < -0.39 is 0 Å². The minimum absolute atomic E-state index is 0.0595. The van der Waals surface area contributed by atoms with Gasteiger partial charge in [-0.05, 0) is 39.5 Å². The predicted molar refractivity (Wildman–Crippen MR) is 67.6 cm³/mol. The van der Waals surface area contributed by atoms with Crippen molar-refractivity contribution in [3.8, 4) is 0 Å². The summed E-state index contributed by atoms with van der Waals surface area (Å²) in [5, 5.41) is 16.7. The molecule has 0 aromatic heterocycles. The molecule has 1 fully saturated rings. The van der Waals surface area contributed by atoms with Crippen LogP contribution in [0.3, 0.4) is 0 Å². The SMILES string of the molecule is CCC1CNCCC1(CO)NCCN(C)C. The molecule has 0 aromatic rings. The Hall–Kier alpha value is -0.160. The number of nitrogens with one attached hydrogen (secondary N) is 2. The number of rotatable bonds is 6. The Morgan fingerprint density at radius 3 is 2.81 bits per heavy atom. The summed E-state index contributed by atoms with van der Waals surface area (Å²) in [5.74, 6) is 0.536. The zero-order valence-corrected chi connectivity index (χ0v) is 10.9. The first-order valence-electron chi connectivity index (χ1n) is 6.36. The standard InChI is InChI=1S/C12H27N3O/c1-4-11-9-13-6-5-12(11,10-16)14-7-8-15(2)3/h11,13-14,16H,4-10H2,1-3H3. The van der Waals surface area contributed by atoms with E-state index in [2.05, 4.69) is 36.6 Å². The van der Waals surface area contributed by atoms with Gasteiger partial charge in [-0.1, -0.05) is 13.3 Å². The summed E-state index contributed by atoms with van der Waals surface area (Å²) in [5.41, 5.74) is -0.0595. The molecule has 0 spiro atoms. The highest BCUT2D eigenvalue weighted by Crippen LogP contribution is 2.26. The number of aliphatic hydroxyl groups is 1. The van der Waals surface area contributed by atoms with Gasteiger partial charge in [0.25, 0.3) is 0 Å². The van der Waals surface area contributed by atoms with E-state index in [1.807, 2.05) is 0 Å². The molecule has 0 aromatic carbocycles.